The van der Waals surface area contributed by atoms with E-state index in [2.05, 4.69) is 10.3 Å². The normalized spacial score (nSPS) is 10.6. The van der Waals surface area contributed by atoms with Crippen molar-refractivity contribution < 1.29 is 9.90 Å². The van der Waals surface area contributed by atoms with Crippen molar-refractivity contribution in [3.63, 3.8) is 0 Å². The number of H-pyrrole nitrogens is 1. The molecule has 0 radical (unpaired) electrons. The fraction of sp³-hybridized carbons (Fsp3) is 0.200. The van der Waals surface area contributed by atoms with Crippen LogP contribution in [0.1, 0.15) is 35.7 Å². The molecule has 0 unspecified atom stereocenters. The number of hydrogen-bond acceptors (Lipinski definition) is 3. The molecule has 2 aromatic rings. The molecule has 0 aliphatic rings. The summed E-state index contributed by atoms with van der Waals surface area (Å²) in [4.78, 5) is 26.0. The zero-order valence-electron chi connectivity index (χ0n) is 11.3. The minimum atomic E-state index is -0.627. The lowest BCUT2D eigenvalue weighted by atomic mass is 10.0. The number of rotatable bonds is 3. The molecule has 0 aliphatic carbocycles. The largest absolute Gasteiger partial charge is 0.502 e. The van der Waals surface area contributed by atoms with Crippen LogP contribution in [0.2, 0.25) is 0 Å². The molecule has 5 nitrogen and oxygen atoms in total. The highest BCUT2D eigenvalue weighted by Gasteiger charge is 2.17. The van der Waals surface area contributed by atoms with Crippen molar-refractivity contribution >= 4 is 11.6 Å². The van der Waals surface area contributed by atoms with Crippen LogP contribution in [0.3, 0.4) is 0 Å². The minimum absolute atomic E-state index is 0.0452. The van der Waals surface area contributed by atoms with Crippen LogP contribution in [-0.4, -0.2) is 16.0 Å². The molecule has 0 spiro atoms. The predicted molar refractivity (Wildman–Crippen MR) is 77.2 cm³/mol. The van der Waals surface area contributed by atoms with Crippen LogP contribution in [0.25, 0.3) is 0 Å². The van der Waals surface area contributed by atoms with Crippen molar-refractivity contribution in [2.24, 2.45) is 0 Å². The van der Waals surface area contributed by atoms with Gasteiger partial charge in [-0.15, -0.1) is 0 Å². The summed E-state index contributed by atoms with van der Waals surface area (Å²) >= 11 is 0. The Morgan fingerprint density at radius 3 is 2.50 bits per heavy atom. The number of benzene rings is 1. The van der Waals surface area contributed by atoms with E-state index in [-0.39, 0.29) is 17.5 Å². The van der Waals surface area contributed by atoms with E-state index in [1.807, 2.05) is 13.8 Å². The summed E-state index contributed by atoms with van der Waals surface area (Å²) in [6.45, 7) is 3.82. The molecule has 104 valence electrons. The summed E-state index contributed by atoms with van der Waals surface area (Å²) in [6, 6.07) is 8.62. The van der Waals surface area contributed by atoms with E-state index in [1.54, 1.807) is 30.3 Å². The average molecular weight is 272 g/mol. The molecular weight excluding hydrogens is 256 g/mol. The monoisotopic (exact) mass is 272 g/mol. The van der Waals surface area contributed by atoms with Crippen molar-refractivity contribution in [1.82, 2.24) is 4.98 Å². The highest BCUT2D eigenvalue weighted by molar-refractivity contribution is 6.05. The van der Waals surface area contributed by atoms with Gasteiger partial charge in [-0.25, -0.2) is 0 Å². The Morgan fingerprint density at radius 2 is 1.90 bits per heavy atom. The van der Waals surface area contributed by atoms with Crippen molar-refractivity contribution in [1.29, 1.82) is 0 Å². The average Bonchev–Trinajstić information content (AvgIpc) is 2.44. The molecule has 0 saturated carbocycles. The first-order valence-electron chi connectivity index (χ1n) is 6.31. The lowest BCUT2D eigenvalue weighted by Crippen LogP contribution is -2.17. The molecular formula is C15H16N2O3. The van der Waals surface area contributed by atoms with E-state index in [9.17, 15) is 14.7 Å². The van der Waals surface area contributed by atoms with Gasteiger partial charge in [0.25, 0.3) is 11.5 Å². The molecule has 0 bridgehead atoms. The Labute approximate surface area is 116 Å². The number of pyridine rings is 1. The molecule has 2 rings (SSSR count). The maximum Gasteiger partial charge on any atom is 0.292 e. The third kappa shape index (κ3) is 2.71. The molecule has 1 aromatic carbocycles. The second-order valence-corrected chi connectivity index (χ2v) is 4.77. The van der Waals surface area contributed by atoms with Gasteiger partial charge in [-0.3, -0.25) is 9.59 Å². The maximum atomic E-state index is 12.1. The van der Waals surface area contributed by atoms with Gasteiger partial charge in [0.15, 0.2) is 0 Å². The van der Waals surface area contributed by atoms with Crippen LogP contribution in [0.5, 0.6) is 5.75 Å². The molecule has 0 fully saturated rings. The molecule has 5 heteroatoms. The third-order valence-electron chi connectivity index (χ3n) is 3.00. The number of anilines is 1. The highest BCUT2D eigenvalue weighted by Crippen LogP contribution is 2.29. The molecule has 1 heterocycles. The first-order valence-corrected chi connectivity index (χ1v) is 6.31. The SMILES string of the molecule is CC(C)c1c[nH]c(=O)c(O)c1NC(=O)c1ccccc1. The van der Waals surface area contributed by atoms with Crippen LogP contribution in [0.15, 0.2) is 41.3 Å². The van der Waals surface area contributed by atoms with Gasteiger partial charge < -0.3 is 15.4 Å². The van der Waals surface area contributed by atoms with Crippen LogP contribution in [0, 0.1) is 0 Å². The van der Waals surface area contributed by atoms with E-state index in [1.165, 1.54) is 6.20 Å². The first kappa shape index (κ1) is 13.9. The van der Waals surface area contributed by atoms with Crippen LogP contribution < -0.4 is 10.9 Å². The minimum Gasteiger partial charge on any atom is -0.502 e. The molecule has 3 N–H and O–H groups in total. The Morgan fingerprint density at radius 1 is 1.25 bits per heavy atom. The van der Waals surface area contributed by atoms with Gasteiger partial charge in [-0.1, -0.05) is 32.0 Å². The highest BCUT2D eigenvalue weighted by atomic mass is 16.3. The zero-order chi connectivity index (χ0) is 14.7. The van der Waals surface area contributed by atoms with Crippen LogP contribution in [-0.2, 0) is 0 Å². The van der Waals surface area contributed by atoms with Crippen molar-refractivity contribution in [3.05, 3.63) is 58.0 Å². The Bertz CT molecular complexity index is 675. The van der Waals surface area contributed by atoms with Gasteiger partial charge in [0.2, 0.25) is 5.75 Å². The van der Waals surface area contributed by atoms with Crippen molar-refractivity contribution in [3.8, 4) is 5.75 Å². The fourth-order valence-electron chi connectivity index (χ4n) is 1.90. The number of hydrogen-bond donors (Lipinski definition) is 3. The topological polar surface area (TPSA) is 82.2 Å². The lowest BCUT2D eigenvalue weighted by molar-refractivity contribution is 0.102. The summed E-state index contributed by atoms with van der Waals surface area (Å²) < 4.78 is 0. The standard InChI is InChI=1S/C15H16N2O3/c1-9(2)11-8-16-15(20)13(18)12(11)17-14(19)10-6-4-3-5-7-10/h3-9,18H,1-2H3,(H2,16,17,19,20). The summed E-state index contributed by atoms with van der Waals surface area (Å²) in [5, 5.41) is 12.5. The number of aromatic amines is 1. The smallest absolute Gasteiger partial charge is 0.292 e. The number of carbonyl (C=O) groups excluding carboxylic acids is 1. The lowest BCUT2D eigenvalue weighted by Gasteiger charge is -2.14. The van der Waals surface area contributed by atoms with E-state index in [4.69, 9.17) is 0 Å². The van der Waals surface area contributed by atoms with E-state index in [0.717, 1.165) is 0 Å². The molecule has 0 saturated heterocycles. The molecule has 1 amide bonds. The van der Waals surface area contributed by atoms with Crippen LogP contribution in [0.4, 0.5) is 5.69 Å². The number of nitrogens with one attached hydrogen (secondary N) is 2. The predicted octanol–water partition coefficient (Wildman–Crippen LogP) is 2.46. The molecule has 0 aliphatic heterocycles. The summed E-state index contributed by atoms with van der Waals surface area (Å²) in [6.07, 6.45) is 1.51. The van der Waals surface area contributed by atoms with E-state index in [0.29, 0.717) is 11.1 Å². The fourth-order valence-corrected chi connectivity index (χ4v) is 1.90. The van der Waals surface area contributed by atoms with Crippen LogP contribution >= 0.6 is 0 Å². The summed E-state index contributed by atoms with van der Waals surface area (Å²) in [7, 11) is 0. The van der Waals surface area contributed by atoms with Gasteiger partial charge in [0, 0.05) is 11.8 Å². The van der Waals surface area contributed by atoms with Crippen molar-refractivity contribution in [2.45, 2.75) is 19.8 Å². The van der Waals surface area contributed by atoms with Crippen molar-refractivity contribution in [2.75, 3.05) is 5.32 Å². The Hall–Kier alpha value is -2.56. The quantitative estimate of drug-likeness (QED) is 0.802. The second kappa shape index (κ2) is 5.61. The number of carbonyl (C=O) groups is 1. The molecule has 0 atom stereocenters. The van der Waals surface area contributed by atoms with Gasteiger partial charge in [0.05, 0.1) is 5.69 Å². The summed E-state index contributed by atoms with van der Waals surface area (Å²) in [5.41, 5.74) is 0.670. The maximum absolute atomic E-state index is 12.1. The van der Waals surface area contributed by atoms with Gasteiger partial charge in [-0.2, -0.15) is 0 Å². The van der Waals surface area contributed by atoms with Gasteiger partial charge >= 0.3 is 0 Å². The molecule has 20 heavy (non-hydrogen) atoms. The zero-order valence-corrected chi connectivity index (χ0v) is 11.3. The van der Waals surface area contributed by atoms with E-state index >= 15 is 0 Å². The number of amides is 1. The van der Waals surface area contributed by atoms with E-state index < -0.39 is 11.3 Å². The molecule has 1 aromatic heterocycles. The third-order valence-corrected chi connectivity index (χ3v) is 3.00. The first-order chi connectivity index (χ1) is 9.50. The Balaban J connectivity index is 2.41. The summed E-state index contributed by atoms with van der Waals surface area (Å²) in [5.74, 6) is -0.794. The Kier molecular flexibility index (Phi) is 3.89. The number of aromatic nitrogens is 1. The second-order valence-electron chi connectivity index (χ2n) is 4.77. The van der Waals surface area contributed by atoms with Gasteiger partial charge in [-0.05, 0) is 23.6 Å². The van der Waals surface area contributed by atoms with Gasteiger partial charge in [0.1, 0.15) is 0 Å². The number of aromatic hydroxyl groups is 1.